The third-order valence-corrected chi connectivity index (χ3v) is 3.13. The van der Waals surface area contributed by atoms with Crippen molar-refractivity contribution in [1.29, 1.82) is 0 Å². The minimum Gasteiger partial charge on any atom is -0.492 e. The SMILES string of the molecule is COC(=O)c1ccccc1OCCc1ccc(OC(C)=O)cc1. The van der Waals surface area contributed by atoms with Crippen molar-refractivity contribution in [3.8, 4) is 11.5 Å². The maximum atomic E-state index is 11.6. The molecule has 23 heavy (non-hydrogen) atoms. The van der Waals surface area contributed by atoms with Gasteiger partial charge in [0.1, 0.15) is 17.1 Å². The lowest BCUT2D eigenvalue weighted by molar-refractivity contribution is -0.131. The Balaban J connectivity index is 1.92. The van der Waals surface area contributed by atoms with Gasteiger partial charge in [-0.15, -0.1) is 0 Å². The van der Waals surface area contributed by atoms with Crippen LogP contribution in [0.2, 0.25) is 0 Å². The van der Waals surface area contributed by atoms with Crippen LogP contribution in [0.1, 0.15) is 22.8 Å². The number of esters is 2. The van der Waals surface area contributed by atoms with E-state index in [1.54, 1.807) is 36.4 Å². The fraction of sp³-hybridized carbons (Fsp3) is 0.222. The highest BCUT2D eigenvalue weighted by Gasteiger charge is 2.11. The van der Waals surface area contributed by atoms with Crippen LogP contribution >= 0.6 is 0 Å². The summed E-state index contributed by atoms with van der Waals surface area (Å²) in [6.45, 7) is 1.78. The van der Waals surface area contributed by atoms with Gasteiger partial charge >= 0.3 is 11.9 Å². The molecule has 0 heterocycles. The fourth-order valence-electron chi connectivity index (χ4n) is 2.04. The number of benzene rings is 2. The smallest absolute Gasteiger partial charge is 0.341 e. The summed E-state index contributed by atoms with van der Waals surface area (Å²) in [6, 6.07) is 14.2. The molecular weight excluding hydrogens is 296 g/mol. The predicted octanol–water partition coefficient (Wildman–Crippen LogP) is 3.02. The van der Waals surface area contributed by atoms with Gasteiger partial charge in [-0.05, 0) is 29.8 Å². The summed E-state index contributed by atoms with van der Waals surface area (Å²) in [5, 5.41) is 0. The van der Waals surface area contributed by atoms with Gasteiger partial charge in [-0.1, -0.05) is 24.3 Å². The fourth-order valence-corrected chi connectivity index (χ4v) is 2.04. The van der Waals surface area contributed by atoms with Crippen molar-refractivity contribution in [3.05, 3.63) is 59.7 Å². The van der Waals surface area contributed by atoms with E-state index in [1.165, 1.54) is 14.0 Å². The lowest BCUT2D eigenvalue weighted by atomic mass is 10.1. The standard InChI is InChI=1S/C18H18O5/c1-13(19)23-15-9-7-14(8-10-15)11-12-22-17-6-4-3-5-16(17)18(20)21-2/h3-10H,11-12H2,1-2H3. The number of para-hydroxylation sites is 1. The largest absolute Gasteiger partial charge is 0.492 e. The van der Waals surface area contributed by atoms with E-state index in [-0.39, 0.29) is 5.97 Å². The predicted molar refractivity (Wildman–Crippen MR) is 84.7 cm³/mol. The Morgan fingerprint density at radius 2 is 1.70 bits per heavy atom. The normalized spacial score (nSPS) is 10.0. The molecule has 0 atom stereocenters. The second-order valence-corrected chi connectivity index (χ2v) is 4.82. The first-order valence-electron chi connectivity index (χ1n) is 7.17. The molecule has 0 aliphatic heterocycles. The van der Waals surface area contributed by atoms with E-state index in [1.807, 2.05) is 12.1 Å². The van der Waals surface area contributed by atoms with Crippen LogP contribution in [0, 0.1) is 0 Å². The van der Waals surface area contributed by atoms with Crippen molar-refractivity contribution in [3.63, 3.8) is 0 Å². The first-order valence-corrected chi connectivity index (χ1v) is 7.17. The molecule has 0 fully saturated rings. The summed E-state index contributed by atoms with van der Waals surface area (Å²) in [5.41, 5.74) is 1.44. The summed E-state index contributed by atoms with van der Waals surface area (Å²) >= 11 is 0. The summed E-state index contributed by atoms with van der Waals surface area (Å²) in [6.07, 6.45) is 0.663. The van der Waals surface area contributed by atoms with Crippen LogP contribution in [-0.4, -0.2) is 25.7 Å². The van der Waals surface area contributed by atoms with Crippen LogP contribution in [0.4, 0.5) is 0 Å². The average molecular weight is 314 g/mol. The first kappa shape index (κ1) is 16.5. The number of ether oxygens (including phenoxy) is 3. The Kier molecular flexibility index (Phi) is 5.74. The minimum atomic E-state index is -0.425. The van der Waals surface area contributed by atoms with Crippen molar-refractivity contribution in [2.45, 2.75) is 13.3 Å². The quantitative estimate of drug-likeness (QED) is 0.606. The highest BCUT2D eigenvalue weighted by molar-refractivity contribution is 5.92. The van der Waals surface area contributed by atoms with Gasteiger partial charge in [0.2, 0.25) is 0 Å². The minimum absolute atomic E-state index is 0.347. The Morgan fingerprint density at radius 1 is 1.00 bits per heavy atom. The molecule has 0 unspecified atom stereocenters. The van der Waals surface area contributed by atoms with Gasteiger partial charge < -0.3 is 14.2 Å². The Bertz CT molecular complexity index is 676. The molecule has 2 rings (SSSR count). The molecule has 0 aliphatic rings. The van der Waals surface area contributed by atoms with Gasteiger partial charge in [0.25, 0.3) is 0 Å². The van der Waals surface area contributed by atoms with E-state index in [0.717, 1.165) is 5.56 Å². The Morgan fingerprint density at radius 3 is 2.35 bits per heavy atom. The Hall–Kier alpha value is -2.82. The second kappa shape index (κ2) is 7.98. The molecule has 0 spiro atoms. The molecule has 0 aliphatic carbocycles. The molecule has 0 bridgehead atoms. The van der Waals surface area contributed by atoms with Crippen LogP contribution in [-0.2, 0) is 16.0 Å². The average Bonchev–Trinajstić information content (AvgIpc) is 2.56. The van der Waals surface area contributed by atoms with Crippen molar-refractivity contribution >= 4 is 11.9 Å². The zero-order chi connectivity index (χ0) is 16.7. The molecule has 0 saturated carbocycles. The molecule has 5 heteroatoms. The maximum Gasteiger partial charge on any atom is 0.341 e. The van der Waals surface area contributed by atoms with Crippen LogP contribution in [0.5, 0.6) is 11.5 Å². The van der Waals surface area contributed by atoms with Gasteiger partial charge in [-0.25, -0.2) is 4.79 Å². The Labute approximate surface area is 134 Å². The number of rotatable bonds is 6. The zero-order valence-corrected chi connectivity index (χ0v) is 13.1. The van der Waals surface area contributed by atoms with Gasteiger partial charge in [0.05, 0.1) is 13.7 Å². The van der Waals surface area contributed by atoms with Crippen LogP contribution in [0.3, 0.4) is 0 Å². The van der Waals surface area contributed by atoms with Crippen LogP contribution < -0.4 is 9.47 Å². The van der Waals surface area contributed by atoms with Crippen LogP contribution in [0.15, 0.2) is 48.5 Å². The van der Waals surface area contributed by atoms with E-state index >= 15 is 0 Å². The molecule has 0 radical (unpaired) electrons. The maximum absolute atomic E-state index is 11.6. The molecule has 2 aromatic carbocycles. The van der Waals surface area contributed by atoms with Gasteiger partial charge in [-0.3, -0.25) is 4.79 Å². The number of carbonyl (C=O) groups excluding carboxylic acids is 2. The van der Waals surface area contributed by atoms with E-state index in [0.29, 0.717) is 30.1 Å². The highest BCUT2D eigenvalue weighted by atomic mass is 16.5. The van der Waals surface area contributed by atoms with Crippen LogP contribution in [0.25, 0.3) is 0 Å². The van der Waals surface area contributed by atoms with E-state index in [2.05, 4.69) is 0 Å². The van der Waals surface area contributed by atoms with Gasteiger partial charge in [0, 0.05) is 13.3 Å². The molecule has 5 nitrogen and oxygen atoms in total. The molecule has 0 saturated heterocycles. The highest BCUT2D eigenvalue weighted by Crippen LogP contribution is 2.19. The topological polar surface area (TPSA) is 61.8 Å². The van der Waals surface area contributed by atoms with Crippen molar-refractivity contribution in [2.75, 3.05) is 13.7 Å². The third-order valence-electron chi connectivity index (χ3n) is 3.13. The molecule has 0 N–H and O–H groups in total. The lowest BCUT2D eigenvalue weighted by Gasteiger charge is -2.10. The van der Waals surface area contributed by atoms with Crippen molar-refractivity contribution < 1.29 is 23.8 Å². The number of hydrogen-bond donors (Lipinski definition) is 0. The summed E-state index contributed by atoms with van der Waals surface area (Å²) in [7, 11) is 1.34. The van der Waals surface area contributed by atoms with E-state index < -0.39 is 5.97 Å². The lowest BCUT2D eigenvalue weighted by Crippen LogP contribution is -2.08. The molecular formula is C18H18O5. The molecule has 2 aromatic rings. The monoisotopic (exact) mass is 314 g/mol. The van der Waals surface area contributed by atoms with E-state index in [9.17, 15) is 9.59 Å². The third kappa shape index (κ3) is 4.85. The first-order chi connectivity index (χ1) is 11.1. The zero-order valence-electron chi connectivity index (χ0n) is 13.1. The van der Waals surface area contributed by atoms with Gasteiger partial charge in [0.15, 0.2) is 0 Å². The number of carbonyl (C=O) groups is 2. The molecule has 120 valence electrons. The molecule has 0 aromatic heterocycles. The summed E-state index contributed by atoms with van der Waals surface area (Å²) in [5.74, 6) is 0.237. The summed E-state index contributed by atoms with van der Waals surface area (Å²) < 4.78 is 15.4. The van der Waals surface area contributed by atoms with Crippen molar-refractivity contribution in [2.24, 2.45) is 0 Å². The number of methoxy groups -OCH3 is 1. The van der Waals surface area contributed by atoms with Gasteiger partial charge in [-0.2, -0.15) is 0 Å². The van der Waals surface area contributed by atoms with E-state index in [4.69, 9.17) is 14.2 Å². The summed E-state index contributed by atoms with van der Waals surface area (Å²) in [4.78, 5) is 22.5. The molecule has 0 amide bonds. The number of hydrogen-bond acceptors (Lipinski definition) is 5. The van der Waals surface area contributed by atoms with Crippen molar-refractivity contribution in [1.82, 2.24) is 0 Å². The second-order valence-electron chi connectivity index (χ2n) is 4.82.